The Morgan fingerprint density at radius 2 is 1.15 bits per heavy atom. The lowest BCUT2D eigenvalue weighted by Crippen LogP contribution is -2.37. The molecule has 1 atom stereocenters. The minimum absolute atomic E-state index is 0.00986. The van der Waals surface area contributed by atoms with Crippen LogP contribution in [0.15, 0.2) is 164 Å². The lowest BCUT2D eigenvalue weighted by molar-refractivity contribution is 0.0929. The molecule has 0 fully saturated rings. The lowest BCUT2D eigenvalue weighted by atomic mass is 9.90. The molecule has 0 bridgehead atoms. The van der Waals surface area contributed by atoms with Gasteiger partial charge in [0.25, 0.3) is 11.8 Å². The van der Waals surface area contributed by atoms with Gasteiger partial charge in [-0.05, 0) is 95.1 Å². The topological polar surface area (TPSA) is 159 Å². The van der Waals surface area contributed by atoms with E-state index in [9.17, 15) is 29.4 Å². The third-order valence-corrected chi connectivity index (χ3v) is 14.3. The highest BCUT2D eigenvalue weighted by molar-refractivity contribution is 6.34. The highest BCUT2D eigenvalue weighted by Gasteiger charge is 2.28. The van der Waals surface area contributed by atoms with E-state index >= 15 is 0 Å². The van der Waals surface area contributed by atoms with Gasteiger partial charge in [0, 0.05) is 86.9 Å². The Balaban J connectivity index is 0.952. The molecule has 14 heteroatoms. The molecule has 1 unspecified atom stereocenters. The SMILES string of the molecule is CC(C)CC(Cc1c(O)c(Cl)cc2c(-c3ccc(C(=O)NCCc4ccccc4-c4ccccc4)cc3)c3cc(Cl)c(=O)cc-3oc12)NC(=O)c1ccc(-c2c3cc(Cl)c(=O)cc-3oc3cc(O)c(Cl)cc23)cc1. The van der Waals surface area contributed by atoms with E-state index in [0.717, 1.165) is 16.7 Å². The molecule has 6 aromatic carbocycles. The number of halogens is 4. The Morgan fingerprint density at radius 1 is 0.581 bits per heavy atom. The van der Waals surface area contributed by atoms with Crippen molar-refractivity contribution in [1.82, 2.24) is 10.6 Å². The number of phenolic OH excluding ortho intramolecular Hbond substituents is 2. The maximum Gasteiger partial charge on any atom is 0.251 e. The number of phenols is 2. The lowest BCUT2D eigenvalue weighted by Gasteiger charge is -2.24. The van der Waals surface area contributed by atoms with E-state index in [1.54, 1.807) is 60.7 Å². The molecular formula is C60H44Cl4N2O8. The number of aromatic hydroxyl groups is 2. The van der Waals surface area contributed by atoms with Crippen LogP contribution >= 0.6 is 46.4 Å². The van der Waals surface area contributed by atoms with Crippen LogP contribution in [0.4, 0.5) is 0 Å². The highest BCUT2D eigenvalue weighted by Crippen LogP contribution is 2.47. The molecule has 4 N–H and O–H groups in total. The van der Waals surface area contributed by atoms with Crippen molar-refractivity contribution < 1.29 is 28.6 Å². The van der Waals surface area contributed by atoms with Crippen molar-refractivity contribution in [2.45, 2.75) is 39.2 Å². The Hall–Kier alpha value is -7.60. The van der Waals surface area contributed by atoms with Gasteiger partial charge in [-0.25, -0.2) is 0 Å². The van der Waals surface area contributed by atoms with Crippen LogP contribution in [-0.4, -0.2) is 34.6 Å². The van der Waals surface area contributed by atoms with Gasteiger partial charge in [0.1, 0.15) is 34.2 Å². The van der Waals surface area contributed by atoms with E-state index in [0.29, 0.717) is 80.2 Å². The molecule has 10 rings (SSSR count). The summed E-state index contributed by atoms with van der Waals surface area (Å²) in [6.45, 7) is 4.45. The predicted molar refractivity (Wildman–Crippen MR) is 295 cm³/mol. The first kappa shape index (κ1) is 50.0. The number of nitrogens with one attached hydrogen (secondary N) is 2. The molecule has 10 nitrogen and oxygen atoms in total. The molecule has 2 aliphatic carbocycles. The fourth-order valence-electron chi connectivity index (χ4n) is 9.66. The maximum absolute atomic E-state index is 14.2. The number of hydrogen-bond donors (Lipinski definition) is 4. The Kier molecular flexibility index (Phi) is 14.0. The van der Waals surface area contributed by atoms with Gasteiger partial charge in [-0.2, -0.15) is 0 Å². The Bertz CT molecular complexity index is 3870. The molecule has 0 saturated carbocycles. The minimum Gasteiger partial charge on any atom is -0.506 e. The molecule has 370 valence electrons. The van der Waals surface area contributed by atoms with Crippen LogP contribution in [0, 0.1) is 5.92 Å². The molecule has 0 saturated heterocycles. The second-order valence-corrected chi connectivity index (χ2v) is 20.2. The summed E-state index contributed by atoms with van der Waals surface area (Å²) < 4.78 is 12.5. The standard InChI is InChI=1S/C60H44Cl4N2O8/c1-31(2)22-38(66-60(72)37-18-14-34(15-19-37)55-40-24-45(61)49(67)28-52(40)73-53-29-50(68)46(62)25-41(53)55)23-44-57(70)48(64)27-43-56(42-26-47(63)51(69)30-54(42)74-58(43)44)35-12-16-36(17-13-35)59(71)65-21-20-33-10-6-7-11-39(33)32-8-4-3-5-9-32/h3-19,24-31,38,67,70H,20-23H2,1-2H3,(H,65,71)(H,66,72). The van der Waals surface area contributed by atoms with Crippen LogP contribution in [0.5, 0.6) is 11.5 Å². The van der Waals surface area contributed by atoms with E-state index in [-0.39, 0.29) is 72.5 Å². The van der Waals surface area contributed by atoms with Gasteiger partial charge >= 0.3 is 0 Å². The van der Waals surface area contributed by atoms with E-state index in [4.69, 9.17) is 55.2 Å². The number of rotatable bonds is 13. The van der Waals surface area contributed by atoms with Crippen molar-refractivity contribution in [3.05, 3.63) is 208 Å². The molecular weight excluding hydrogens is 1020 g/mol. The molecule has 0 spiro atoms. The smallest absolute Gasteiger partial charge is 0.251 e. The first-order valence-electron chi connectivity index (χ1n) is 23.7. The fraction of sp³-hybridized carbons (Fsp3) is 0.133. The molecule has 74 heavy (non-hydrogen) atoms. The van der Waals surface area contributed by atoms with Crippen molar-refractivity contribution in [3.8, 4) is 67.5 Å². The molecule has 0 aromatic heterocycles. The number of carbonyl (C=O) groups is 2. The monoisotopic (exact) mass is 1060 g/mol. The van der Waals surface area contributed by atoms with Crippen LogP contribution in [0.2, 0.25) is 20.1 Å². The third kappa shape index (κ3) is 9.94. The zero-order valence-electron chi connectivity index (χ0n) is 39.7. The number of fused-ring (bicyclic) bond motifs is 4. The van der Waals surface area contributed by atoms with Crippen molar-refractivity contribution >= 4 is 80.2 Å². The minimum atomic E-state index is -0.559. The fourth-order valence-corrected chi connectivity index (χ4v) is 10.4. The van der Waals surface area contributed by atoms with Gasteiger partial charge in [0.2, 0.25) is 10.9 Å². The summed E-state index contributed by atoms with van der Waals surface area (Å²) in [4.78, 5) is 53.3. The number of carbonyl (C=O) groups excluding carboxylic acids is 2. The molecule has 4 aliphatic rings. The highest BCUT2D eigenvalue weighted by atomic mass is 35.5. The molecule has 2 heterocycles. The van der Waals surface area contributed by atoms with Gasteiger partial charge < -0.3 is 29.7 Å². The van der Waals surface area contributed by atoms with Gasteiger partial charge in [-0.15, -0.1) is 0 Å². The van der Waals surface area contributed by atoms with E-state index < -0.39 is 22.8 Å². The van der Waals surface area contributed by atoms with Crippen molar-refractivity contribution in [3.63, 3.8) is 0 Å². The van der Waals surface area contributed by atoms with Crippen LogP contribution in [0.25, 0.3) is 78.0 Å². The molecule has 2 amide bonds. The maximum atomic E-state index is 14.2. The second kappa shape index (κ2) is 20.7. The van der Waals surface area contributed by atoms with E-state index in [1.165, 1.54) is 30.3 Å². The Morgan fingerprint density at radius 3 is 1.78 bits per heavy atom. The number of benzene rings is 8. The van der Waals surface area contributed by atoms with Gasteiger partial charge in [-0.1, -0.05) is 139 Å². The van der Waals surface area contributed by atoms with Crippen LogP contribution in [0.3, 0.4) is 0 Å². The Labute approximate surface area is 444 Å². The summed E-state index contributed by atoms with van der Waals surface area (Å²) in [5.74, 6) is -0.552. The first-order chi connectivity index (χ1) is 35.6. The van der Waals surface area contributed by atoms with Crippen molar-refractivity contribution in [1.29, 1.82) is 0 Å². The molecule has 0 radical (unpaired) electrons. The molecule has 6 aromatic rings. The summed E-state index contributed by atoms with van der Waals surface area (Å²) in [5, 5.41) is 29.5. The third-order valence-electron chi connectivity index (χ3n) is 13.1. The van der Waals surface area contributed by atoms with Crippen molar-refractivity contribution in [2.24, 2.45) is 5.92 Å². The average molecular weight is 1060 g/mol. The molecule has 2 aliphatic heterocycles. The van der Waals surface area contributed by atoms with Crippen LogP contribution in [-0.2, 0) is 12.8 Å². The van der Waals surface area contributed by atoms with Crippen LogP contribution < -0.4 is 21.5 Å². The summed E-state index contributed by atoms with van der Waals surface area (Å²) >= 11 is 26.0. The zero-order valence-corrected chi connectivity index (χ0v) is 42.7. The van der Waals surface area contributed by atoms with Gasteiger partial charge in [0.05, 0.1) is 20.1 Å². The first-order valence-corrected chi connectivity index (χ1v) is 25.2. The largest absolute Gasteiger partial charge is 0.506 e. The predicted octanol–water partition coefficient (Wildman–Crippen LogP) is 14.5. The second-order valence-electron chi connectivity index (χ2n) is 18.6. The normalized spacial score (nSPS) is 12.0. The van der Waals surface area contributed by atoms with E-state index in [2.05, 4.69) is 34.9 Å². The van der Waals surface area contributed by atoms with E-state index in [1.807, 2.05) is 44.2 Å². The number of hydrogen-bond acceptors (Lipinski definition) is 8. The summed E-state index contributed by atoms with van der Waals surface area (Å²) in [6, 6.07) is 41.7. The van der Waals surface area contributed by atoms with Crippen molar-refractivity contribution in [2.75, 3.05) is 6.54 Å². The summed E-state index contributed by atoms with van der Waals surface area (Å²) in [5.41, 5.74) is 7.59. The summed E-state index contributed by atoms with van der Waals surface area (Å²) in [6.07, 6.45) is 1.19. The quantitative estimate of drug-likeness (QED) is 0.0831. The van der Waals surface area contributed by atoms with Crippen LogP contribution in [0.1, 0.15) is 52.1 Å². The zero-order chi connectivity index (χ0) is 51.9. The van der Waals surface area contributed by atoms with Gasteiger partial charge in [0.15, 0.2) is 0 Å². The number of amides is 2. The summed E-state index contributed by atoms with van der Waals surface area (Å²) in [7, 11) is 0. The average Bonchev–Trinajstić information content (AvgIpc) is 3.38. The van der Waals surface area contributed by atoms with Gasteiger partial charge in [-0.3, -0.25) is 19.2 Å².